The summed E-state index contributed by atoms with van der Waals surface area (Å²) in [5.74, 6) is 1.96. The molecule has 1 N–H and O–H groups in total. The van der Waals surface area contributed by atoms with Gasteiger partial charge in [-0.3, -0.25) is 0 Å². The van der Waals surface area contributed by atoms with Crippen LogP contribution in [-0.4, -0.2) is 24.8 Å². The molecule has 0 saturated carbocycles. The van der Waals surface area contributed by atoms with Crippen LogP contribution in [0.2, 0.25) is 16.2 Å². The van der Waals surface area contributed by atoms with Gasteiger partial charge in [-0.15, -0.1) is 0 Å². The molecule has 108 valence electrons. The Hall–Kier alpha value is -1.12. The summed E-state index contributed by atoms with van der Waals surface area (Å²) in [7, 11) is 0. The van der Waals surface area contributed by atoms with Crippen molar-refractivity contribution in [1.29, 1.82) is 0 Å². The Bertz CT molecular complexity index is 669. The number of fused-ring (bicyclic) bond motifs is 1. The molecule has 1 aliphatic rings. The molecule has 0 aliphatic carbocycles. The van der Waals surface area contributed by atoms with Crippen molar-refractivity contribution in [3.8, 4) is 0 Å². The fraction of sp³-hybridized carbons (Fsp3) is 0.235. The van der Waals surface area contributed by atoms with Gasteiger partial charge in [-0.2, -0.15) is 0 Å². The van der Waals surface area contributed by atoms with Crippen molar-refractivity contribution in [2.24, 2.45) is 5.92 Å². The van der Waals surface area contributed by atoms with Crippen LogP contribution in [0.15, 0.2) is 48.5 Å². The summed E-state index contributed by atoms with van der Waals surface area (Å²) in [6.07, 6.45) is -0.755. The summed E-state index contributed by atoms with van der Waals surface area (Å²) in [6.45, 7) is 0. The summed E-state index contributed by atoms with van der Waals surface area (Å²) in [4.78, 5) is 12.7. The first-order valence-electron chi connectivity index (χ1n) is 6.77. The molecule has 0 aromatic heterocycles. The van der Waals surface area contributed by atoms with E-state index in [2.05, 4.69) is 11.9 Å². The topological polar surface area (TPSA) is 37.3 Å². The van der Waals surface area contributed by atoms with Crippen molar-refractivity contribution >= 4 is 35.7 Å². The molecule has 21 heavy (non-hydrogen) atoms. The number of rotatable bonds is 2. The number of hydrogen-bond donors (Lipinski definition) is 1. The van der Waals surface area contributed by atoms with Gasteiger partial charge >= 0.3 is 133 Å². The Morgan fingerprint density at radius 1 is 1.19 bits per heavy atom. The van der Waals surface area contributed by atoms with E-state index in [4.69, 9.17) is 11.6 Å². The number of ketones is 1. The third kappa shape index (κ3) is 2.79. The van der Waals surface area contributed by atoms with E-state index in [1.54, 1.807) is 24.3 Å². The van der Waals surface area contributed by atoms with E-state index < -0.39 is 20.0 Å². The first-order chi connectivity index (χ1) is 10.1. The van der Waals surface area contributed by atoms with Gasteiger partial charge in [0.05, 0.1) is 0 Å². The number of halogens is 1. The van der Waals surface area contributed by atoms with E-state index in [1.807, 2.05) is 18.2 Å². The molecule has 0 radical (unpaired) electrons. The monoisotopic (exact) mass is 367 g/mol. The van der Waals surface area contributed by atoms with Crippen LogP contribution in [0.25, 0.3) is 0 Å². The number of carbonyl (C=O) groups excluding carboxylic acids is 1. The molecule has 3 unspecified atom stereocenters. The van der Waals surface area contributed by atoms with Gasteiger partial charge < -0.3 is 0 Å². The van der Waals surface area contributed by atoms with Crippen LogP contribution < -0.4 is 4.46 Å². The summed E-state index contributed by atoms with van der Waals surface area (Å²) >= 11 is 4.84. The molecule has 0 spiro atoms. The van der Waals surface area contributed by atoms with E-state index in [9.17, 15) is 9.90 Å². The van der Waals surface area contributed by atoms with Crippen LogP contribution in [0.1, 0.15) is 22.0 Å². The molecule has 0 amide bonds. The van der Waals surface area contributed by atoms with E-state index in [0.717, 1.165) is 16.4 Å². The Balaban J connectivity index is 1.93. The third-order valence-electron chi connectivity index (χ3n) is 3.89. The SMILES string of the molecule is C[Se+]1CC(C(O)c2ccc(Cl)cc2)C(=O)c2ccccc21. The maximum absolute atomic E-state index is 12.7. The zero-order valence-electron chi connectivity index (χ0n) is 11.6. The molecule has 2 nitrogen and oxygen atoms in total. The summed E-state index contributed by atoms with van der Waals surface area (Å²) in [6, 6.07) is 14.9. The number of Topliss-reactive ketones (excluding diaryl/α,β-unsaturated/α-hetero) is 1. The van der Waals surface area contributed by atoms with E-state index in [0.29, 0.717) is 5.02 Å². The Kier molecular flexibility index (Phi) is 4.19. The van der Waals surface area contributed by atoms with Crippen LogP contribution >= 0.6 is 11.6 Å². The van der Waals surface area contributed by atoms with Crippen molar-refractivity contribution in [2.75, 3.05) is 0 Å². The number of carbonyl (C=O) groups is 1. The van der Waals surface area contributed by atoms with Crippen molar-refractivity contribution < 1.29 is 9.90 Å². The average Bonchev–Trinajstić information content (AvgIpc) is 2.51. The second-order valence-electron chi connectivity index (χ2n) is 5.27. The Labute approximate surface area is 133 Å². The minimum absolute atomic E-state index is 0.0647. The predicted molar refractivity (Wildman–Crippen MR) is 86.7 cm³/mol. The number of benzene rings is 2. The zero-order valence-corrected chi connectivity index (χ0v) is 14.1. The van der Waals surface area contributed by atoms with Crippen LogP contribution in [0.4, 0.5) is 0 Å². The van der Waals surface area contributed by atoms with Crippen molar-refractivity contribution in [1.82, 2.24) is 0 Å². The van der Waals surface area contributed by atoms with Crippen molar-refractivity contribution in [3.63, 3.8) is 0 Å². The van der Waals surface area contributed by atoms with Gasteiger partial charge in [0.15, 0.2) is 0 Å². The molecule has 1 heterocycles. The Morgan fingerprint density at radius 2 is 1.86 bits per heavy atom. The molecule has 3 atom stereocenters. The molecule has 3 rings (SSSR count). The second kappa shape index (κ2) is 5.94. The molecule has 0 saturated heterocycles. The minimum atomic E-state index is -1.04. The molecule has 2 aromatic rings. The third-order valence-corrected chi connectivity index (χ3v) is 8.26. The van der Waals surface area contributed by atoms with E-state index in [1.165, 1.54) is 4.46 Å². The van der Waals surface area contributed by atoms with Gasteiger partial charge in [0, 0.05) is 0 Å². The average molecular weight is 367 g/mol. The quantitative estimate of drug-likeness (QED) is 0.829. The standard InChI is InChI=1S/C17H16ClO2Se/c1-21-10-14(16(19)11-6-8-12(18)9-7-11)17(20)13-4-2-3-5-15(13)21/h2-9,14,16,19H,10H2,1H3/q+1. The fourth-order valence-electron chi connectivity index (χ4n) is 2.74. The summed E-state index contributed by atoms with van der Waals surface area (Å²) < 4.78 is 1.21. The Morgan fingerprint density at radius 3 is 2.57 bits per heavy atom. The van der Waals surface area contributed by atoms with Crippen molar-refractivity contribution in [2.45, 2.75) is 17.2 Å². The molecule has 2 aromatic carbocycles. The van der Waals surface area contributed by atoms with Crippen LogP contribution in [-0.2, 0) is 0 Å². The van der Waals surface area contributed by atoms with Gasteiger partial charge in [0.25, 0.3) is 0 Å². The molecular weight excluding hydrogens is 351 g/mol. The van der Waals surface area contributed by atoms with Crippen molar-refractivity contribution in [3.05, 3.63) is 64.7 Å². The van der Waals surface area contributed by atoms with Gasteiger partial charge in [-0.25, -0.2) is 0 Å². The molecule has 4 heteroatoms. The van der Waals surface area contributed by atoms with Gasteiger partial charge in [0.1, 0.15) is 0 Å². The normalized spacial score (nSPS) is 22.7. The maximum atomic E-state index is 12.7. The summed E-state index contributed by atoms with van der Waals surface area (Å²) in [5.41, 5.74) is 1.56. The van der Waals surface area contributed by atoms with Crippen LogP contribution in [0.5, 0.6) is 0 Å². The molecule has 1 aliphatic heterocycles. The first kappa shape index (κ1) is 14.8. The number of hydrogen-bond acceptors (Lipinski definition) is 2. The molecule has 0 bridgehead atoms. The second-order valence-corrected chi connectivity index (χ2v) is 10.00. The van der Waals surface area contributed by atoms with Gasteiger partial charge in [0.2, 0.25) is 0 Å². The van der Waals surface area contributed by atoms with E-state index in [-0.39, 0.29) is 11.7 Å². The van der Waals surface area contributed by atoms with Crippen LogP contribution in [0.3, 0.4) is 0 Å². The van der Waals surface area contributed by atoms with Gasteiger partial charge in [-0.05, 0) is 0 Å². The van der Waals surface area contributed by atoms with Gasteiger partial charge in [-0.1, -0.05) is 0 Å². The summed E-state index contributed by atoms with van der Waals surface area (Å²) in [5, 5.41) is 12.0. The first-order valence-corrected chi connectivity index (χ1v) is 10.9. The van der Waals surface area contributed by atoms with Crippen LogP contribution in [0, 0.1) is 5.92 Å². The number of aliphatic hydroxyl groups excluding tert-OH is 1. The number of aliphatic hydroxyl groups is 1. The fourth-order valence-corrected chi connectivity index (χ4v) is 6.86. The zero-order chi connectivity index (χ0) is 15.0. The van der Waals surface area contributed by atoms with E-state index >= 15 is 0 Å². The molecular formula is C17H16ClO2Se+. The molecule has 0 fully saturated rings. The predicted octanol–water partition coefficient (Wildman–Crippen LogP) is 3.22.